The number of ether oxygens (including phenoxy) is 1. The monoisotopic (exact) mass is 427 g/mol. The minimum Gasteiger partial charge on any atom is -0.486 e. The first-order valence-corrected chi connectivity index (χ1v) is 10.0. The topological polar surface area (TPSA) is 84.0 Å². The van der Waals surface area contributed by atoms with Gasteiger partial charge in [0.05, 0.1) is 31.2 Å². The molecule has 2 aromatic carbocycles. The summed E-state index contributed by atoms with van der Waals surface area (Å²) in [6.45, 7) is 0.927. The normalized spacial score (nSPS) is 13.6. The Morgan fingerprint density at radius 2 is 2.00 bits per heavy atom. The third kappa shape index (κ3) is 3.44. The highest BCUT2D eigenvalue weighted by Crippen LogP contribution is 2.34. The number of hydrogen-bond acceptors (Lipinski definition) is 5. The Morgan fingerprint density at radius 1 is 1.16 bits per heavy atom. The van der Waals surface area contributed by atoms with E-state index in [1.165, 1.54) is 12.1 Å². The summed E-state index contributed by atoms with van der Waals surface area (Å²) in [7, 11) is 1.78. The summed E-state index contributed by atoms with van der Waals surface area (Å²) < 4.78 is 21.7. The maximum atomic E-state index is 13.8. The second-order valence-electron chi connectivity index (χ2n) is 7.72. The molecule has 0 aliphatic carbocycles. The second-order valence-corrected chi connectivity index (χ2v) is 7.72. The first-order chi connectivity index (χ1) is 15.5. The molecule has 2 aromatic heterocycles. The standard InChI is InChI=1S/C24H18FN5O2/c1-29-14-28-11-22(29)24(31)30-12-19(13-30)32-23-8-17(7-16-4-5-27-10-20(16)23)15-2-3-21(25)18(6-15)9-26/h2-8,10-11,14,19H,12-13H2,1H3. The first kappa shape index (κ1) is 19.7. The Kier molecular flexibility index (Phi) is 4.79. The van der Waals surface area contributed by atoms with Crippen molar-refractivity contribution in [3.8, 4) is 22.9 Å². The lowest BCUT2D eigenvalue weighted by Crippen LogP contribution is -2.56. The fraction of sp³-hybridized carbons (Fsp3) is 0.167. The van der Waals surface area contributed by atoms with E-state index in [4.69, 9.17) is 10.00 Å². The van der Waals surface area contributed by atoms with Gasteiger partial charge in [-0.1, -0.05) is 6.07 Å². The maximum Gasteiger partial charge on any atom is 0.272 e. The van der Waals surface area contributed by atoms with E-state index in [-0.39, 0.29) is 17.6 Å². The van der Waals surface area contributed by atoms with E-state index in [9.17, 15) is 9.18 Å². The third-order valence-electron chi connectivity index (χ3n) is 5.60. The van der Waals surface area contributed by atoms with Crippen LogP contribution in [-0.4, -0.2) is 44.5 Å². The van der Waals surface area contributed by atoms with Crippen LogP contribution in [0.3, 0.4) is 0 Å². The number of carbonyl (C=O) groups excluding carboxylic acids is 1. The van der Waals surface area contributed by atoms with E-state index in [0.717, 1.165) is 16.3 Å². The molecular weight excluding hydrogens is 409 g/mol. The zero-order valence-corrected chi connectivity index (χ0v) is 17.2. The summed E-state index contributed by atoms with van der Waals surface area (Å²) in [5.41, 5.74) is 2.04. The largest absolute Gasteiger partial charge is 0.486 e. The molecule has 5 rings (SSSR count). The van der Waals surface area contributed by atoms with Crippen molar-refractivity contribution in [2.75, 3.05) is 13.1 Å². The van der Waals surface area contributed by atoms with Gasteiger partial charge in [-0.05, 0) is 46.8 Å². The molecule has 0 N–H and O–H groups in total. The van der Waals surface area contributed by atoms with Crippen LogP contribution in [0.4, 0.5) is 4.39 Å². The summed E-state index contributed by atoms with van der Waals surface area (Å²) in [6.07, 6.45) is 6.42. The van der Waals surface area contributed by atoms with Crippen molar-refractivity contribution < 1.29 is 13.9 Å². The SMILES string of the molecule is Cn1cncc1C(=O)N1CC(Oc2cc(-c3ccc(F)c(C#N)c3)cc3ccncc23)C1. The van der Waals surface area contributed by atoms with Gasteiger partial charge in [-0.2, -0.15) is 5.26 Å². The van der Waals surface area contributed by atoms with E-state index in [1.807, 2.05) is 24.3 Å². The molecule has 7 nitrogen and oxygen atoms in total. The number of benzene rings is 2. The zero-order chi connectivity index (χ0) is 22.2. The predicted octanol–water partition coefficient (Wildman–Crippen LogP) is 3.55. The van der Waals surface area contributed by atoms with Crippen LogP contribution in [0, 0.1) is 17.1 Å². The molecule has 3 heterocycles. The first-order valence-electron chi connectivity index (χ1n) is 10.0. The molecule has 0 unspecified atom stereocenters. The molecule has 0 atom stereocenters. The molecular formula is C24H18FN5O2. The van der Waals surface area contributed by atoms with E-state index in [1.54, 1.807) is 47.5 Å². The molecule has 0 spiro atoms. The van der Waals surface area contributed by atoms with Crippen molar-refractivity contribution in [2.24, 2.45) is 7.05 Å². The second kappa shape index (κ2) is 7.78. The third-order valence-corrected chi connectivity index (χ3v) is 5.60. The predicted molar refractivity (Wildman–Crippen MR) is 115 cm³/mol. The number of halogens is 1. The maximum absolute atomic E-state index is 13.8. The molecule has 32 heavy (non-hydrogen) atoms. The van der Waals surface area contributed by atoms with Crippen LogP contribution >= 0.6 is 0 Å². The quantitative estimate of drug-likeness (QED) is 0.497. The van der Waals surface area contributed by atoms with Crippen molar-refractivity contribution in [1.29, 1.82) is 5.26 Å². The highest BCUT2D eigenvalue weighted by Gasteiger charge is 2.34. The minimum atomic E-state index is -0.551. The number of pyridine rings is 1. The molecule has 0 radical (unpaired) electrons. The number of carbonyl (C=O) groups is 1. The number of likely N-dealkylation sites (tertiary alicyclic amines) is 1. The minimum absolute atomic E-state index is 0.0110. The number of nitrogens with zero attached hydrogens (tertiary/aromatic N) is 5. The number of aromatic nitrogens is 3. The molecule has 1 aliphatic rings. The Balaban J connectivity index is 1.41. The van der Waals surface area contributed by atoms with Gasteiger partial charge in [0.15, 0.2) is 0 Å². The number of hydrogen-bond donors (Lipinski definition) is 0. The highest BCUT2D eigenvalue weighted by molar-refractivity contribution is 5.93. The number of amides is 1. The van der Waals surface area contributed by atoms with Gasteiger partial charge in [-0.3, -0.25) is 9.78 Å². The van der Waals surface area contributed by atoms with E-state index >= 15 is 0 Å². The van der Waals surface area contributed by atoms with Gasteiger partial charge in [0, 0.05) is 24.8 Å². The smallest absolute Gasteiger partial charge is 0.272 e. The summed E-state index contributed by atoms with van der Waals surface area (Å²) >= 11 is 0. The van der Waals surface area contributed by atoms with Crippen LogP contribution in [0.25, 0.3) is 21.9 Å². The number of rotatable bonds is 4. The van der Waals surface area contributed by atoms with Gasteiger partial charge in [-0.15, -0.1) is 0 Å². The summed E-state index contributed by atoms with van der Waals surface area (Å²) in [5, 5.41) is 10.9. The van der Waals surface area contributed by atoms with Crippen LogP contribution in [0.2, 0.25) is 0 Å². The lowest BCUT2D eigenvalue weighted by atomic mass is 9.99. The van der Waals surface area contributed by atoms with E-state index in [2.05, 4.69) is 9.97 Å². The van der Waals surface area contributed by atoms with Gasteiger partial charge in [-0.25, -0.2) is 9.37 Å². The van der Waals surface area contributed by atoms with Crippen LogP contribution in [0.1, 0.15) is 16.1 Å². The highest BCUT2D eigenvalue weighted by atomic mass is 19.1. The van der Waals surface area contributed by atoms with Crippen molar-refractivity contribution in [1.82, 2.24) is 19.4 Å². The summed E-state index contributed by atoms with van der Waals surface area (Å²) in [5.74, 6) is -0.00287. The summed E-state index contributed by atoms with van der Waals surface area (Å²) in [4.78, 5) is 22.5. The van der Waals surface area contributed by atoms with E-state index in [0.29, 0.717) is 30.1 Å². The number of aryl methyl sites for hydroxylation is 1. The fourth-order valence-electron chi connectivity index (χ4n) is 3.80. The Labute approximate surface area is 183 Å². The Morgan fingerprint density at radius 3 is 2.75 bits per heavy atom. The molecule has 1 aliphatic heterocycles. The molecule has 1 saturated heterocycles. The van der Waals surface area contributed by atoms with Crippen molar-refractivity contribution >= 4 is 16.7 Å². The van der Waals surface area contributed by atoms with Crippen LogP contribution < -0.4 is 4.74 Å². The fourth-order valence-corrected chi connectivity index (χ4v) is 3.80. The molecule has 8 heteroatoms. The molecule has 0 saturated carbocycles. The van der Waals surface area contributed by atoms with Crippen LogP contribution in [-0.2, 0) is 7.05 Å². The molecule has 1 fully saturated rings. The number of imidazole rings is 1. The average molecular weight is 427 g/mol. The lowest BCUT2D eigenvalue weighted by molar-refractivity contribution is 0.0177. The molecule has 1 amide bonds. The molecule has 4 aromatic rings. The van der Waals surface area contributed by atoms with Gasteiger partial charge >= 0.3 is 0 Å². The van der Waals surface area contributed by atoms with Gasteiger partial charge in [0.25, 0.3) is 5.91 Å². The number of fused-ring (bicyclic) bond motifs is 1. The van der Waals surface area contributed by atoms with Crippen LogP contribution in [0.5, 0.6) is 5.75 Å². The van der Waals surface area contributed by atoms with Crippen molar-refractivity contribution in [3.63, 3.8) is 0 Å². The van der Waals surface area contributed by atoms with E-state index < -0.39 is 5.82 Å². The number of nitriles is 1. The molecule has 0 bridgehead atoms. The lowest BCUT2D eigenvalue weighted by Gasteiger charge is -2.39. The summed E-state index contributed by atoms with van der Waals surface area (Å²) in [6, 6.07) is 12.0. The van der Waals surface area contributed by atoms with Gasteiger partial charge < -0.3 is 14.2 Å². The van der Waals surface area contributed by atoms with Crippen molar-refractivity contribution in [2.45, 2.75) is 6.10 Å². The Hall–Kier alpha value is -4.25. The average Bonchev–Trinajstić information content (AvgIpc) is 3.21. The zero-order valence-electron chi connectivity index (χ0n) is 17.2. The molecule has 158 valence electrons. The van der Waals surface area contributed by atoms with Gasteiger partial charge in [0.2, 0.25) is 0 Å². The Bertz CT molecular complexity index is 1380. The van der Waals surface area contributed by atoms with Crippen LogP contribution in [0.15, 0.2) is 61.3 Å². The van der Waals surface area contributed by atoms with Crippen molar-refractivity contribution in [3.05, 3.63) is 78.4 Å². The van der Waals surface area contributed by atoms with Gasteiger partial charge in [0.1, 0.15) is 29.4 Å².